The molecule has 0 bridgehead atoms. The molecule has 4 rings (SSSR count). The third kappa shape index (κ3) is 3.89. The number of hydrogen-bond donors (Lipinski definition) is 0. The van der Waals surface area contributed by atoms with E-state index in [1.807, 2.05) is 6.07 Å². The van der Waals surface area contributed by atoms with Gasteiger partial charge in [0, 0.05) is 18.2 Å². The number of rotatable bonds is 4. The maximum atomic E-state index is 13.6. The van der Waals surface area contributed by atoms with Crippen LogP contribution in [0.2, 0.25) is 0 Å². The standard InChI is InChI=1S/C23H32N2O3/c1-16-7-4-5-8-19(16)25(17-10-12-23(2,3)13-11-17)22(26)18-15-21(28-24-18)20-9-6-14-27-20/h6,9,14-17,19H,4-5,7-8,10-13H2,1-3H3. The van der Waals surface area contributed by atoms with Gasteiger partial charge in [0.25, 0.3) is 5.91 Å². The van der Waals surface area contributed by atoms with Crippen LogP contribution in [0, 0.1) is 11.3 Å². The molecule has 5 heteroatoms. The van der Waals surface area contributed by atoms with Gasteiger partial charge in [-0.3, -0.25) is 4.79 Å². The zero-order chi connectivity index (χ0) is 19.7. The lowest BCUT2D eigenvalue weighted by Gasteiger charge is -2.46. The third-order valence-corrected chi connectivity index (χ3v) is 6.85. The minimum atomic E-state index is 0.0185. The Labute approximate surface area is 167 Å². The van der Waals surface area contributed by atoms with Gasteiger partial charge in [0.05, 0.1) is 6.26 Å². The number of furan rings is 1. The first-order valence-corrected chi connectivity index (χ1v) is 10.8. The molecule has 2 fully saturated rings. The van der Waals surface area contributed by atoms with E-state index in [1.165, 1.54) is 32.1 Å². The zero-order valence-corrected chi connectivity index (χ0v) is 17.3. The maximum Gasteiger partial charge on any atom is 0.276 e. The van der Waals surface area contributed by atoms with Gasteiger partial charge in [-0.05, 0) is 62.0 Å². The summed E-state index contributed by atoms with van der Waals surface area (Å²) >= 11 is 0. The van der Waals surface area contributed by atoms with Crippen molar-refractivity contribution in [3.8, 4) is 11.5 Å². The minimum absolute atomic E-state index is 0.0185. The first-order valence-electron chi connectivity index (χ1n) is 10.8. The number of aromatic nitrogens is 1. The highest BCUT2D eigenvalue weighted by molar-refractivity contribution is 5.93. The lowest BCUT2D eigenvalue weighted by molar-refractivity contribution is 0.0240. The van der Waals surface area contributed by atoms with Crippen molar-refractivity contribution in [2.75, 3.05) is 0 Å². The second-order valence-electron chi connectivity index (χ2n) is 9.49. The highest BCUT2D eigenvalue weighted by Gasteiger charge is 2.39. The molecule has 152 valence electrons. The predicted molar refractivity (Wildman–Crippen MR) is 108 cm³/mol. The van der Waals surface area contributed by atoms with Crippen molar-refractivity contribution in [2.24, 2.45) is 11.3 Å². The first-order chi connectivity index (χ1) is 13.4. The molecule has 1 amide bonds. The Bertz CT molecular complexity index is 783. The third-order valence-electron chi connectivity index (χ3n) is 6.85. The Hall–Kier alpha value is -2.04. The highest BCUT2D eigenvalue weighted by atomic mass is 16.5. The van der Waals surface area contributed by atoms with Crippen LogP contribution in [0.4, 0.5) is 0 Å². The molecular weight excluding hydrogens is 352 g/mol. The van der Waals surface area contributed by atoms with Crippen molar-refractivity contribution in [3.63, 3.8) is 0 Å². The summed E-state index contributed by atoms with van der Waals surface area (Å²) in [5.74, 6) is 1.66. The van der Waals surface area contributed by atoms with Crippen LogP contribution in [-0.4, -0.2) is 28.0 Å². The Balaban J connectivity index is 1.60. The van der Waals surface area contributed by atoms with Crippen molar-refractivity contribution in [2.45, 2.75) is 84.2 Å². The van der Waals surface area contributed by atoms with Gasteiger partial charge >= 0.3 is 0 Å². The molecular formula is C23H32N2O3. The molecule has 2 unspecified atom stereocenters. The molecule has 2 aromatic heterocycles. The molecule has 0 aliphatic heterocycles. The van der Waals surface area contributed by atoms with E-state index in [4.69, 9.17) is 8.94 Å². The van der Waals surface area contributed by atoms with E-state index in [0.717, 1.165) is 19.3 Å². The Morgan fingerprint density at radius 3 is 2.57 bits per heavy atom. The van der Waals surface area contributed by atoms with E-state index in [-0.39, 0.29) is 5.91 Å². The van der Waals surface area contributed by atoms with Crippen LogP contribution in [0.15, 0.2) is 33.4 Å². The summed E-state index contributed by atoms with van der Waals surface area (Å²) in [5.41, 5.74) is 0.776. The van der Waals surface area contributed by atoms with Gasteiger partial charge < -0.3 is 13.8 Å². The van der Waals surface area contributed by atoms with Crippen LogP contribution in [0.25, 0.3) is 11.5 Å². The number of hydrogen-bond acceptors (Lipinski definition) is 4. The topological polar surface area (TPSA) is 59.5 Å². The van der Waals surface area contributed by atoms with Crippen molar-refractivity contribution in [3.05, 3.63) is 30.2 Å². The first kappa shape index (κ1) is 19.3. The van der Waals surface area contributed by atoms with Gasteiger partial charge in [-0.25, -0.2) is 0 Å². The van der Waals surface area contributed by atoms with Crippen LogP contribution in [-0.2, 0) is 0 Å². The van der Waals surface area contributed by atoms with Crippen LogP contribution in [0.1, 0.15) is 82.6 Å². The summed E-state index contributed by atoms with van der Waals surface area (Å²) in [4.78, 5) is 15.8. The Morgan fingerprint density at radius 2 is 1.89 bits per heavy atom. The Morgan fingerprint density at radius 1 is 1.14 bits per heavy atom. The lowest BCUT2D eigenvalue weighted by Crippen LogP contribution is -2.52. The van der Waals surface area contributed by atoms with Gasteiger partial charge in [-0.2, -0.15) is 0 Å². The van der Waals surface area contributed by atoms with Crippen molar-refractivity contribution in [1.29, 1.82) is 0 Å². The van der Waals surface area contributed by atoms with Gasteiger partial charge in [0.2, 0.25) is 5.76 Å². The Kier molecular flexibility index (Phi) is 5.35. The summed E-state index contributed by atoms with van der Waals surface area (Å²) in [6.45, 7) is 6.98. The average molecular weight is 385 g/mol. The minimum Gasteiger partial charge on any atom is -0.461 e. The molecule has 28 heavy (non-hydrogen) atoms. The molecule has 0 aromatic carbocycles. The van der Waals surface area contributed by atoms with Crippen LogP contribution < -0.4 is 0 Å². The summed E-state index contributed by atoms with van der Waals surface area (Å²) in [6.07, 6.45) is 10.8. The van der Waals surface area contributed by atoms with Gasteiger partial charge in [-0.15, -0.1) is 0 Å². The molecule has 0 saturated heterocycles. The zero-order valence-electron chi connectivity index (χ0n) is 17.3. The molecule has 2 atom stereocenters. The molecule has 0 spiro atoms. The van der Waals surface area contributed by atoms with E-state index in [2.05, 4.69) is 30.8 Å². The lowest BCUT2D eigenvalue weighted by atomic mass is 9.74. The number of carbonyl (C=O) groups excluding carboxylic acids is 1. The molecule has 2 saturated carbocycles. The van der Waals surface area contributed by atoms with E-state index < -0.39 is 0 Å². The molecule has 2 aliphatic carbocycles. The molecule has 5 nitrogen and oxygen atoms in total. The summed E-state index contributed by atoms with van der Waals surface area (Å²) in [5, 5.41) is 4.11. The fourth-order valence-electron chi connectivity index (χ4n) is 5.00. The number of carbonyl (C=O) groups is 1. The highest BCUT2D eigenvalue weighted by Crippen LogP contribution is 2.40. The number of nitrogens with zero attached hydrogens (tertiary/aromatic N) is 2. The smallest absolute Gasteiger partial charge is 0.276 e. The predicted octanol–water partition coefficient (Wildman–Crippen LogP) is 5.92. The summed E-state index contributed by atoms with van der Waals surface area (Å²) in [6, 6.07) is 5.96. The second kappa shape index (κ2) is 7.76. The molecule has 2 aliphatic rings. The molecule has 2 aromatic rings. The van der Waals surface area contributed by atoms with Gasteiger partial charge in [-0.1, -0.05) is 38.8 Å². The van der Waals surface area contributed by atoms with Crippen molar-refractivity contribution >= 4 is 5.91 Å². The molecule has 0 N–H and O–H groups in total. The van der Waals surface area contributed by atoms with Gasteiger partial charge in [0.1, 0.15) is 0 Å². The van der Waals surface area contributed by atoms with E-state index in [1.54, 1.807) is 18.4 Å². The number of amides is 1. The fourth-order valence-corrected chi connectivity index (χ4v) is 5.00. The average Bonchev–Trinajstić information content (AvgIpc) is 3.36. The largest absolute Gasteiger partial charge is 0.461 e. The van der Waals surface area contributed by atoms with E-state index in [9.17, 15) is 4.79 Å². The molecule has 0 radical (unpaired) electrons. The van der Waals surface area contributed by atoms with E-state index in [0.29, 0.717) is 40.6 Å². The fraction of sp³-hybridized carbons (Fsp3) is 0.652. The van der Waals surface area contributed by atoms with Crippen LogP contribution >= 0.6 is 0 Å². The SMILES string of the molecule is CC1CCCCC1N(C(=O)c1cc(-c2ccco2)on1)C1CCC(C)(C)CC1. The van der Waals surface area contributed by atoms with Crippen LogP contribution in [0.3, 0.4) is 0 Å². The molecule has 2 heterocycles. The van der Waals surface area contributed by atoms with E-state index >= 15 is 0 Å². The van der Waals surface area contributed by atoms with Crippen molar-refractivity contribution in [1.82, 2.24) is 10.1 Å². The summed E-state index contributed by atoms with van der Waals surface area (Å²) in [7, 11) is 0. The summed E-state index contributed by atoms with van der Waals surface area (Å²) < 4.78 is 10.8. The maximum absolute atomic E-state index is 13.6. The second-order valence-corrected chi connectivity index (χ2v) is 9.49. The monoisotopic (exact) mass is 384 g/mol. The normalized spacial score (nSPS) is 25.5. The van der Waals surface area contributed by atoms with Crippen molar-refractivity contribution < 1.29 is 13.7 Å². The van der Waals surface area contributed by atoms with Gasteiger partial charge in [0.15, 0.2) is 11.5 Å². The quantitative estimate of drug-likeness (QED) is 0.656. The van der Waals surface area contributed by atoms with Crippen LogP contribution in [0.5, 0.6) is 0 Å².